The number of hydrogen-bond donors (Lipinski definition) is 1. The summed E-state index contributed by atoms with van der Waals surface area (Å²) in [6.45, 7) is 3.00. The third-order valence-corrected chi connectivity index (χ3v) is 4.75. The zero-order valence-corrected chi connectivity index (χ0v) is 13.4. The molecule has 2 atom stereocenters. The fourth-order valence-electron chi connectivity index (χ4n) is 3.65. The van der Waals surface area contributed by atoms with E-state index < -0.39 is 0 Å². The first-order valence-corrected chi connectivity index (χ1v) is 8.41. The number of rotatable bonds is 3. The Morgan fingerprint density at radius 2 is 2.04 bits per heavy atom. The molecule has 24 heavy (non-hydrogen) atoms. The molecular weight excluding hydrogens is 310 g/mol. The van der Waals surface area contributed by atoms with Crippen molar-refractivity contribution >= 4 is 11.9 Å². The molecule has 7 heteroatoms. The van der Waals surface area contributed by atoms with E-state index in [9.17, 15) is 9.59 Å². The van der Waals surface area contributed by atoms with Gasteiger partial charge >= 0.3 is 6.03 Å². The first kappa shape index (κ1) is 15.3. The standard InChI is InChI=1S/C17H21N3O4/c21-16-8-18-17(22)20(16)12-4-3-7-19(9-12)10-13-11-23-14-5-1-2-6-15(14)24-13/h1-2,5-6,12-13H,3-4,7-11H2,(H,18,22)/t12-,13-/m0/s1. The molecule has 7 nitrogen and oxygen atoms in total. The number of carbonyl (C=O) groups is 2. The second-order valence-corrected chi connectivity index (χ2v) is 6.48. The van der Waals surface area contributed by atoms with Crippen LogP contribution < -0.4 is 14.8 Å². The lowest BCUT2D eigenvalue weighted by Crippen LogP contribution is -2.53. The summed E-state index contributed by atoms with van der Waals surface area (Å²) in [5, 5.41) is 2.60. The van der Waals surface area contributed by atoms with Crippen molar-refractivity contribution < 1.29 is 19.1 Å². The third-order valence-electron chi connectivity index (χ3n) is 4.75. The first-order valence-electron chi connectivity index (χ1n) is 8.41. The SMILES string of the molecule is O=C1CNC(=O)N1[C@H]1CCCN(C[C@H]2COc3ccccc3O2)C1. The minimum Gasteiger partial charge on any atom is -0.486 e. The maximum absolute atomic E-state index is 11.9. The minimum absolute atomic E-state index is 0.0400. The largest absolute Gasteiger partial charge is 0.486 e. The predicted octanol–water partition coefficient (Wildman–Crippen LogP) is 0.843. The van der Waals surface area contributed by atoms with E-state index in [1.807, 2.05) is 24.3 Å². The summed E-state index contributed by atoms with van der Waals surface area (Å²) in [5.74, 6) is 1.43. The Kier molecular flexibility index (Phi) is 4.02. The van der Waals surface area contributed by atoms with Crippen LogP contribution in [0.25, 0.3) is 0 Å². The number of imide groups is 1. The molecule has 1 N–H and O–H groups in total. The lowest BCUT2D eigenvalue weighted by molar-refractivity contribution is -0.127. The number of nitrogens with one attached hydrogen (secondary N) is 1. The van der Waals surface area contributed by atoms with Crippen LogP contribution >= 0.6 is 0 Å². The maximum Gasteiger partial charge on any atom is 0.324 e. The Morgan fingerprint density at radius 1 is 1.21 bits per heavy atom. The highest BCUT2D eigenvalue weighted by atomic mass is 16.6. The molecule has 0 unspecified atom stereocenters. The molecule has 0 aliphatic carbocycles. The molecule has 0 aromatic heterocycles. The van der Waals surface area contributed by atoms with Gasteiger partial charge in [0.1, 0.15) is 12.7 Å². The number of hydrogen-bond acceptors (Lipinski definition) is 5. The first-order chi connectivity index (χ1) is 11.7. The molecule has 4 rings (SSSR count). The lowest BCUT2D eigenvalue weighted by Gasteiger charge is -2.38. The van der Waals surface area contributed by atoms with Crippen molar-refractivity contribution in [1.29, 1.82) is 0 Å². The average molecular weight is 331 g/mol. The number of carbonyl (C=O) groups excluding carboxylic acids is 2. The molecule has 2 fully saturated rings. The van der Waals surface area contributed by atoms with Gasteiger partial charge in [-0.3, -0.25) is 14.6 Å². The fraction of sp³-hybridized carbons (Fsp3) is 0.529. The topological polar surface area (TPSA) is 71.1 Å². The molecule has 0 saturated carbocycles. The van der Waals surface area contributed by atoms with Gasteiger partial charge in [0, 0.05) is 13.1 Å². The van der Waals surface area contributed by atoms with Crippen LogP contribution in [0.5, 0.6) is 11.5 Å². The summed E-state index contributed by atoms with van der Waals surface area (Å²) >= 11 is 0. The van der Waals surface area contributed by atoms with E-state index in [1.54, 1.807) is 0 Å². The van der Waals surface area contributed by atoms with Crippen LogP contribution in [0.2, 0.25) is 0 Å². The number of piperidine rings is 1. The van der Waals surface area contributed by atoms with Crippen LogP contribution in [-0.2, 0) is 4.79 Å². The van der Waals surface area contributed by atoms with E-state index in [0.29, 0.717) is 13.2 Å². The van der Waals surface area contributed by atoms with Crippen LogP contribution in [0.1, 0.15) is 12.8 Å². The highest BCUT2D eigenvalue weighted by Crippen LogP contribution is 2.31. The van der Waals surface area contributed by atoms with Crippen molar-refractivity contribution in [3.05, 3.63) is 24.3 Å². The normalized spacial score (nSPS) is 27.2. The summed E-state index contributed by atoms with van der Waals surface area (Å²) in [5.41, 5.74) is 0. The number of urea groups is 1. The number of amides is 3. The molecule has 128 valence electrons. The number of benzene rings is 1. The third kappa shape index (κ3) is 2.91. The number of ether oxygens (including phenoxy) is 2. The van der Waals surface area contributed by atoms with Gasteiger partial charge in [-0.25, -0.2) is 4.79 Å². The number of para-hydroxylation sites is 2. The highest BCUT2D eigenvalue weighted by Gasteiger charge is 2.37. The molecule has 3 aliphatic heterocycles. The molecule has 3 heterocycles. The van der Waals surface area contributed by atoms with Gasteiger partial charge in [-0.1, -0.05) is 12.1 Å². The Labute approximate surface area is 140 Å². The Morgan fingerprint density at radius 3 is 2.83 bits per heavy atom. The van der Waals surface area contributed by atoms with Gasteiger partial charge in [0.05, 0.1) is 12.6 Å². The van der Waals surface area contributed by atoms with Gasteiger partial charge in [0.15, 0.2) is 11.5 Å². The van der Waals surface area contributed by atoms with E-state index in [-0.39, 0.29) is 30.6 Å². The number of nitrogens with zero attached hydrogens (tertiary/aromatic N) is 2. The van der Waals surface area contributed by atoms with Crippen molar-refractivity contribution in [2.24, 2.45) is 0 Å². The summed E-state index contributed by atoms with van der Waals surface area (Å²) in [6.07, 6.45) is 1.79. The smallest absolute Gasteiger partial charge is 0.324 e. The second kappa shape index (κ2) is 6.32. The molecule has 1 aromatic carbocycles. The molecule has 2 saturated heterocycles. The van der Waals surface area contributed by atoms with Gasteiger partial charge in [-0.2, -0.15) is 0 Å². The molecule has 0 radical (unpaired) electrons. The Bertz CT molecular complexity index is 634. The van der Waals surface area contributed by atoms with E-state index >= 15 is 0 Å². The van der Waals surface area contributed by atoms with Crippen LogP contribution in [0.4, 0.5) is 4.79 Å². The number of likely N-dealkylation sites (tertiary alicyclic amines) is 1. The van der Waals surface area contributed by atoms with Crippen molar-refractivity contribution in [1.82, 2.24) is 15.1 Å². The molecule has 1 aromatic rings. The minimum atomic E-state index is -0.266. The molecule has 3 aliphatic rings. The number of fused-ring (bicyclic) bond motifs is 1. The summed E-state index contributed by atoms with van der Waals surface area (Å²) < 4.78 is 11.8. The lowest BCUT2D eigenvalue weighted by atomic mass is 10.0. The zero-order chi connectivity index (χ0) is 16.5. The van der Waals surface area contributed by atoms with Gasteiger partial charge in [0.25, 0.3) is 0 Å². The Hall–Kier alpha value is -2.28. The van der Waals surface area contributed by atoms with Crippen molar-refractivity contribution in [3.63, 3.8) is 0 Å². The molecule has 0 spiro atoms. The van der Waals surface area contributed by atoms with Gasteiger partial charge < -0.3 is 14.8 Å². The van der Waals surface area contributed by atoms with Gasteiger partial charge in [-0.05, 0) is 31.5 Å². The Balaban J connectivity index is 1.37. The maximum atomic E-state index is 11.9. The van der Waals surface area contributed by atoms with Gasteiger partial charge in [0.2, 0.25) is 5.91 Å². The van der Waals surface area contributed by atoms with Crippen LogP contribution in [0, 0.1) is 0 Å². The van der Waals surface area contributed by atoms with E-state index in [4.69, 9.17) is 9.47 Å². The summed E-state index contributed by atoms with van der Waals surface area (Å²) in [7, 11) is 0. The average Bonchev–Trinajstić information content (AvgIpc) is 2.94. The van der Waals surface area contributed by atoms with E-state index in [0.717, 1.165) is 37.4 Å². The molecular formula is C17H21N3O4. The van der Waals surface area contributed by atoms with E-state index in [1.165, 1.54) is 4.90 Å². The van der Waals surface area contributed by atoms with Crippen LogP contribution in [0.15, 0.2) is 24.3 Å². The highest BCUT2D eigenvalue weighted by molar-refractivity contribution is 6.02. The fourth-order valence-corrected chi connectivity index (χ4v) is 3.65. The van der Waals surface area contributed by atoms with Gasteiger partial charge in [-0.15, -0.1) is 0 Å². The van der Waals surface area contributed by atoms with Crippen molar-refractivity contribution in [3.8, 4) is 11.5 Å². The second-order valence-electron chi connectivity index (χ2n) is 6.48. The predicted molar refractivity (Wildman–Crippen MR) is 86.1 cm³/mol. The monoisotopic (exact) mass is 331 g/mol. The van der Waals surface area contributed by atoms with Crippen LogP contribution in [0.3, 0.4) is 0 Å². The van der Waals surface area contributed by atoms with Crippen LogP contribution in [-0.4, -0.2) is 66.7 Å². The van der Waals surface area contributed by atoms with Crippen molar-refractivity contribution in [2.75, 3.05) is 32.8 Å². The quantitative estimate of drug-likeness (QED) is 0.831. The molecule has 3 amide bonds. The zero-order valence-electron chi connectivity index (χ0n) is 13.4. The summed E-state index contributed by atoms with van der Waals surface area (Å²) in [6, 6.07) is 7.35. The van der Waals surface area contributed by atoms with Crippen molar-refractivity contribution in [2.45, 2.75) is 25.0 Å². The van der Waals surface area contributed by atoms with E-state index in [2.05, 4.69) is 10.2 Å². The summed E-state index contributed by atoms with van der Waals surface area (Å²) in [4.78, 5) is 27.4. The molecule has 0 bridgehead atoms.